The normalized spacial score (nSPS) is 13.8. The average Bonchev–Trinajstić information content (AvgIpc) is 2.91. The molecule has 0 saturated carbocycles. The van der Waals surface area contributed by atoms with Gasteiger partial charge in [-0.1, -0.05) is 0 Å². The zero-order valence-corrected chi connectivity index (χ0v) is 10.0. The molecule has 2 aromatic heterocycles. The number of hydrogen-bond donors (Lipinski definition) is 1. The Labute approximate surface area is 100 Å². The molecule has 1 aliphatic carbocycles. The third kappa shape index (κ3) is 1.74. The number of hydrogen-bond acceptors (Lipinski definition) is 5. The lowest BCUT2D eigenvalue weighted by Gasteiger charge is -1.97. The molecule has 0 spiro atoms. The molecular weight excluding hydrogens is 242 g/mol. The molecule has 1 aliphatic rings. The number of thiazole rings is 2. The molecule has 0 atom stereocenters. The number of carbonyl (C=O) groups excluding carboxylic acids is 1. The van der Waals surface area contributed by atoms with Crippen LogP contribution in [0.15, 0.2) is 10.9 Å². The van der Waals surface area contributed by atoms with Crippen molar-refractivity contribution in [1.82, 2.24) is 9.97 Å². The van der Waals surface area contributed by atoms with Gasteiger partial charge in [-0.3, -0.25) is 10.1 Å². The van der Waals surface area contributed by atoms with Gasteiger partial charge in [0, 0.05) is 10.3 Å². The quantitative estimate of drug-likeness (QED) is 0.891. The van der Waals surface area contributed by atoms with Gasteiger partial charge >= 0.3 is 0 Å². The van der Waals surface area contributed by atoms with E-state index < -0.39 is 0 Å². The Balaban J connectivity index is 1.77. The van der Waals surface area contributed by atoms with Gasteiger partial charge in [-0.15, -0.1) is 22.7 Å². The van der Waals surface area contributed by atoms with Crippen LogP contribution in [0.3, 0.4) is 0 Å². The highest BCUT2D eigenvalue weighted by molar-refractivity contribution is 7.16. The molecule has 6 heteroatoms. The standard InChI is InChI=1S/C10H9N3OS2/c14-9(7-4-15-5-11-7)13-10-12-6-2-1-3-8(6)16-10/h4-5H,1-3H2,(H,12,13,14). The molecule has 0 saturated heterocycles. The maximum Gasteiger partial charge on any atom is 0.276 e. The van der Waals surface area contributed by atoms with E-state index in [9.17, 15) is 4.79 Å². The molecule has 1 amide bonds. The Morgan fingerprint density at radius 2 is 2.38 bits per heavy atom. The van der Waals surface area contributed by atoms with E-state index in [-0.39, 0.29) is 5.91 Å². The minimum atomic E-state index is -0.173. The highest BCUT2D eigenvalue weighted by Crippen LogP contribution is 2.30. The first-order chi connectivity index (χ1) is 7.83. The first-order valence-electron chi connectivity index (χ1n) is 5.01. The average molecular weight is 251 g/mol. The molecule has 2 aromatic rings. The van der Waals surface area contributed by atoms with E-state index in [1.807, 2.05) is 0 Å². The maximum atomic E-state index is 11.7. The molecule has 0 unspecified atom stereocenters. The van der Waals surface area contributed by atoms with Crippen LogP contribution in [0.5, 0.6) is 0 Å². The lowest BCUT2D eigenvalue weighted by molar-refractivity contribution is 0.102. The number of anilines is 1. The van der Waals surface area contributed by atoms with E-state index in [4.69, 9.17) is 0 Å². The van der Waals surface area contributed by atoms with Gasteiger partial charge in [0.05, 0.1) is 11.2 Å². The van der Waals surface area contributed by atoms with Gasteiger partial charge in [-0.25, -0.2) is 9.97 Å². The smallest absolute Gasteiger partial charge is 0.276 e. The highest BCUT2D eigenvalue weighted by atomic mass is 32.1. The molecule has 16 heavy (non-hydrogen) atoms. The van der Waals surface area contributed by atoms with Crippen molar-refractivity contribution in [2.45, 2.75) is 19.3 Å². The second kappa shape index (κ2) is 3.95. The van der Waals surface area contributed by atoms with Gasteiger partial charge in [0.25, 0.3) is 5.91 Å². The molecule has 0 aliphatic heterocycles. The van der Waals surface area contributed by atoms with Gasteiger partial charge in [0.15, 0.2) is 5.13 Å². The number of rotatable bonds is 2. The largest absolute Gasteiger partial charge is 0.296 e. The van der Waals surface area contributed by atoms with E-state index >= 15 is 0 Å². The molecule has 4 nitrogen and oxygen atoms in total. The molecule has 0 bridgehead atoms. The number of fused-ring (bicyclic) bond motifs is 1. The lowest BCUT2D eigenvalue weighted by atomic mass is 10.4. The Kier molecular flexibility index (Phi) is 2.45. The molecule has 3 rings (SSSR count). The minimum Gasteiger partial charge on any atom is -0.296 e. The van der Waals surface area contributed by atoms with E-state index in [1.165, 1.54) is 22.6 Å². The second-order valence-corrected chi connectivity index (χ2v) is 5.37. The number of nitrogens with one attached hydrogen (secondary N) is 1. The van der Waals surface area contributed by atoms with Gasteiger partial charge in [0.1, 0.15) is 5.69 Å². The first-order valence-corrected chi connectivity index (χ1v) is 6.77. The van der Waals surface area contributed by atoms with E-state index in [2.05, 4.69) is 15.3 Å². The maximum absolute atomic E-state index is 11.7. The van der Waals surface area contributed by atoms with Crippen molar-refractivity contribution in [1.29, 1.82) is 0 Å². The lowest BCUT2D eigenvalue weighted by Crippen LogP contribution is -2.11. The first kappa shape index (κ1) is 9.92. The summed E-state index contributed by atoms with van der Waals surface area (Å²) in [7, 11) is 0. The summed E-state index contributed by atoms with van der Waals surface area (Å²) >= 11 is 2.99. The summed E-state index contributed by atoms with van der Waals surface area (Å²) in [5.41, 5.74) is 3.26. The predicted molar refractivity (Wildman–Crippen MR) is 64.2 cm³/mol. The molecule has 0 radical (unpaired) electrons. The van der Waals surface area contributed by atoms with Crippen LogP contribution in [0.25, 0.3) is 0 Å². The second-order valence-electron chi connectivity index (χ2n) is 3.57. The van der Waals surface area contributed by atoms with E-state index in [0.717, 1.165) is 18.5 Å². The van der Waals surface area contributed by atoms with Crippen molar-refractivity contribution < 1.29 is 4.79 Å². The topological polar surface area (TPSA) is 54.9 Å². The van der Waals surface area contributed by atoms with Crippen LogP contribution in [0.2, 0.25) is 0 Å². The number of amides is 1. The fourth-order valence-corrected chi connectivity index (χ4v) is 3.31. The molecule has 0 fully saturated rings. The Morgan fingerprint density at radius 3 is 3.12 bits per heavy atom. The van der Waals surface area contributed by atoms with Crippen LogP contribution < -0.4 is 5.32 Å². The van der Waals surface area contributed by atoms with Crippen LogP contribution in [-0.2, 0) is 12.8 Å². The van der Waals surface area contributed by atoms with Crippen molar-refractivity contribution in [3.05, 3.63) is 27.2 Å². The van der Waals surface area contributed by atoms with E-state index in [0.29, 0.717) is 10.8 Å². The van der Waals surface area contributed by atoms with Crippen molar-refractivity contribution in [3.63, 3.8) is 0 Å². The summed E-state index contributed by atoms with van der Waals surface area (Å²) in [6.45, 7) is 0. The van der Waals surface area contributed by atoms with Gasteiger partial charge < -0.3 is 0 Å². The fraction of sp³-hybridized carbons (Fsp3) is 0.300. The number of nitrogens with zero attached hydrogens (tertiary/aromatic N) is 2. The van der Waals surface area contributed by atoms with Crippen LogP contribution in [0, 0.1) is 0 Å². The Hall–Kier alpha value is -1.27. The molecule has 2 heterocycles. The predicted octanol–water partition coefficient (Wildman–Crippen LogP) is 2.34. The summed E-state index contributed by atoms with van der Waals surface area (Å²) in [4.78, 5) is 21.4. The zero-order valence-electron chi connectivity index (χ0n) is 8.40. The van der Waals surface area contributed by atoms with Gasteiger partial charge in [0.2, 0.25) is 0 Å². The Morgan fingerprint density at radius 1 is 1.44 bits per heavy atom. The number of aromatic nitrogens is 2. The van der Waals surface area contributed by atoms with Crippen molar-refractivity contribution in [2.24, 2.45) is 0 Å². The molecular formula is C10H9N3OS2. The molecule has 1 N–H and O–H groups in total. The highest BCUT2D eigenvalue weighted by Gasteiger charge is 2.18. The van der Waals surface area contributed by atoms with E-state index in [1.54, 1.807) is 22.2 Å². The molecule has 0 aromatic carbocycles. The van der Waals surface area contributed by atoms with Crippen LogP contribution in [0.4, 0.5) is 5.13 Å². The van der Waals surface area contributed by atoms with Crippen LogP contribution >= 0.6 is 22.7 Å². The minimum absolute atomic E-state index is 0.173. The van der Waals surface area contributed by atoms with Gasteiger partial charge in [-0.2, -0.15) is 0 Å². The summed E-state index contributed by atoms with van der Waals surface area (Å²) < 4.78 is 0. The monoisotopic (exact) mass is 251 g/mol. The van der Waals surface area contributed by atoms with Crippen molar-refractivity contribution >= 4 is 33.7 Å². The summed E-state index contributed by atoms with van der Waals surface area (Å²) in [5.74, 6) is -0.173. The van der Waals surface area contributed by atoms with Crippen molar-refractivity contribution in [3.8, 4) is 0 Å². The summed E-state index contributed by atoms with van der Waals surface area (Å²) in [5, 5.41) is 5.22. The fourth-order valence-electron chi connectivity index (χ4n) is 1.73. The summed E-state index contributed by atoms with van der Waals surface area (Å²) in [6, 6.07) is 0. The van der Waals surface area contributed by atoms with Crippen molar-refractivity contribution in [2.75, 3.05) is 5.32 Å². The SMILES string of the molecule is O=C(Nc1nc2c(s1)CCC2)c1cscn1. The third-order valence-corrected chi connectivity index (χ3v) is 4.14. The zero-order chi connectivity index (χ0) is 11.0. The third-order valence-electron chi connectivity index (χ3n) is 2.48. The van der Waals surface area contributed by atoms with Gasteiger partial charge in [-0.05, 0) is 19.3 Å². The van der Waals surface area contributed by atoms with Crippen LogP contribution in [0.1, 0.15) is 27.5 Å². The molecule has 82 valence electrons. The van der Waals surface area contributed by atoms with Crippen LogP contribution in [-0.4, -0.2) is 15.9 Å². The number of aryl methyl sites for hydroxylation is 2. The number of carbonyl (C=O) groups is 1. The summed E-state index contributed by atoms with van der Waals surface area (Å²) in [6.07, 6.45) is 3.33. The Bertz CT molecular complexity index is 497.